The zero-order valence-electron chi connectivity index (χ0n) is 15.7. The second-order valence-electron chi connectivity index (χ2n) is 6.32. The lowest BCUT2D eigenvalue weighted by molar-refractivity contribution is 0.588. The number of unbranched alkanes of at least 4 members (excludes halogenated alkanes) is 1. The van der Waals surface area contributed by atoms with Crippen LogP contribution >= 0.6 is 11.3 Å². The number of thiazole rings is 1. The molecule has 138 valence electrons. The fraction of sp³-hybridized carbons (Fsp3) is 0.611. The minimum atomic E-state index is 0.472. The summed E-state index contributed by atoms with van der Waals surface area (Å²) >= 11 is 1.69. The quantitative estimate of drug-likeness (QED) is 0.408. The first kappa shape index (κ1) is 19.4. The van der Waals surface area contributed by atoms with E-state index in [2.05, 4.69) is 56.3 Å². The molecule has 0 radical (unpaired) electrons. The van der Waals surface area contributed by atoms with Crippen molar-refractivity contribution < 1.29 is 0 Å². The lowest BCUT2D eigenvalue weighted by atomic mass is 10.2. The minimum Gasteiger partial charge on any atom is -0.357 e. The Morgan fingerprint density at radius 3 is 2.80 bits per heavy atom. The Labute approximate surface area is 154 Å². The lowest BCUT2D eigenvalue weighted by Gasteiger charge is -2.11. The van der Waals surface area contributed by atoms with Gasteiger partial charge in [0.2, 0.25) is 0 Å². The number of aromatic nitrogens is 3. The maximum Gasteiger partial charge on any atom is 0.191 e. The molecule has 6 nitrogen and oxygen atoms in total. The van der Waals surface area contributed by atoms with Crippen molar-refractivity contribution in [1.82, 2.24) is 25.2 Å². The number of hydrogen-bond donors (Lipinski definition) is 2. The van der Waals surface area contributed by atoms with Gasteiger partial charge in [-0.2, -0.15) is 0 Å². The molecule has 2 aromatic heterocycles. The molecule has 0 aromatic carbocycles. The third-order valence-corrected chi connectivity index (χ3v) is 4.77. The molecule has 0 aliphatic heterocycles. The molecule has 2 heterocycles. The van der Waals surface area contributed by atoms with Gasteiger partial charge in [-0.05, 0) is 32.6 Å². The van der Waals surface area contributed by atoms with Crippen molar-refractivity contribution in [2.75, 3.05) is 13.1 Å². The average molecular weight is 363 g/mol. The molecular weight excluding hydrogens is 332 g/mol. The maximum absolute atomic E-state index is 4.65. The number of guanidine groups is 1. The van der Waals surface area contributed by atoms with Gasteiger partial charge in [0.1, 0.15) is 10.8 Å². The number of aryl methyl sites for hydroxylation is 2. The van der Waals surface area contributed by atoms with Crippen LogP contribution in [0.15, 0.2) is 22.8 Å². The van der Waals surface area contributed by atoms with Crippen molar-refractivity contribution in [3.05, 3.63) is 34.3 Å². The molecule has 0 saturated heterocycles. The van der Waals surface area contributed by atoms with E-state index in [1.165, 1.54) is 0 Å². The molecule has 0 unspecified atom stereocenters. The summed E-state index contributed by atoms with van der Waals surface area (Å²) in [4.78, 5) is 13.5. The monoisotopic (exact) mass is 362 g/mol. The number of imidazole rings is 1. The van der Waals surface area contributed by atoms with E-state index < -0.39 is 0 Å². The van der Waals surface area contributed by atoms with Gasteiger partial charge in [-0.15, -0.1) is 11.3 Å². The molecular formula is C18H30N6S. The average Bonchev–Trinajstić information content (AvgIpc) is 3.21. The number of nitrogens with one attached hydrogen (secondary N) is 2. The van der Waals surface area contributed by atoms with Crippen molar-refractivity contribution in [1.29, 1.82) is 0 Å². The topological polar surface area (TPSA) is 67.1 Å². The number of aliphatic imine (C=N–C) groups is 1. The Morgan fingerprint density at radius 1 is 1.32 bits per heavy atom. The Hall–Kier alpha value is -1.89. The maximum atomic E-state index is 4.65. The molecule has 0 fully saturated rings. The van der Waals surface area contributed by atoms with Gasteiger partial charge >= 0.3 is 0 Å². The van der Waals surface area contributed by atoms with Crippen LogP contribution < -0.4 is 10.6 Å². The number of nitrogens with zero attached hydrogens (tertiary/aromatic N) is 4. The highest BCUT2D eigenvalue weighted by Gasteiger charge is 2.05. The van der Waals surface area contributed by atoms with E-state index in [0.29, 0.717) is 12.5 Å². The van der Waals surface area contributed by atoms with Crippen LogP contribution in [0.1, 0.15) is 56.1 Å². The van der Waals surface area contributed by atoms with Crippen LogP contribution in [-0.4, -0.2) is 33.6 Å². The Balaban J connectivity index is 1.74. The van der Waals surface area contributed by atoms with E-state index in [1.54, 1.807) is 11.3 Å². The van der Waals surface area contributed by atoms with Gasteiger partial charge < -0.3 is 15.2 Å². The summed E-state index contributed by atoms with van der Waals surface area (Å²) in [5.41, 5.74) is 1.16. The lowest BCUT2D eigenvalue weighted by Crippen LogP contribution is -2.37. The van der Waals surface area contributed by atoms with Crippen LogP contribution in [0.3, 0.4) is 0 Å². The first-order chi connectivity index (χ1) is 12.1. The van der Waals surface area contributed by atoms with E-state index in [1.807, 2.05) is 19.3 Å². The van der Waals surface area contributed by atoms with E-state index in [9.17, 15) is 0 Å². The van der Waals surface area contributed by atoms with E-state index in [4.69, 9.17) is 0 Å². The van der Waals surface area contributed by atoms with Crippen LogP contribution in [-0.2, 0) is 13.1 Å². The van der Waals surface area contributed by atoms with Crippen molar-refractivity contribution in [2.45, 2.75) is 59.5 Å². The molecule has 0 saturated carbocycles. The SMILES string of the molecule is CCNC(=NCc1nc(C(C)C)cs1)NCCCCn1ccnc1C. The van der Waals surface area contributed by atoms with Crippen molar-refractivity contribution >= 4 is 17.3 Å². The fourth-order valence-electron chi connectivity index (χ4n) is 2.41. The van der Waals surface area contributed by atoms with Crippen LogP contribution in [0.4, 0.5) is 0 Å². The zero-order chi connectivity index (χ0) is 18.1. The van der Waals surface area contributed by atoms with Gasteiger partial charge in [0, 0.05) is 37.4 Å². The zero-order valence-corrected chi connectivity index (χ0v) is 16.6. The van der Waals surface area contributed by atoms with Gasteiger partial charge in [-0.1, -0.05) is 13.8 Å². The summed E-state index contributed by atoms with van der Waals surface area (Å²) in [5.74, 6) is 2.41. The number of rotatable bonds is 9. The second kappa shape index (κ2) is 10.2. The Kier molecular flexibility index (Phi) is 7.91. The van der Waals surface area contributed by atoms with Gasteiger partial charge in [-0.25, -0.2) is 15.0 Å². The Morgan fingerprint density at radius 2 is 2.16 bits per heavy atom. The van der Waals surface area contributed by atoms with Crippen molar-refractivity contribution in [3.63, 3.8) is 0 Å². The van der Waals surface area contributed by atoms with Gasteiger partial charge in [-0.3, -0.25) is 0 Å². The fourth-order valence-corrected chi connectivity index (χ4v) is 3.28. The molecule has 0 atom stereocenters. The van der Waals surface area contributed by atoms with E-state index in [0.717, 1.165) is 55.0 Å². The molecule has 2 aromatic rings. The Bertz CT molecular complexity index is 658. The molecule has 2 N–H and O–H groups in total. The summed E-state index contributed by atoms with van der Waals surface area (Å²) in [5, 5.41) is 9.90. The highest BCUT2D eigenvalue weighted by atomic mass is 32.1. The summed E-state index contributed by atoms with van der Waals surface area (Å²) in [6.07, 6.45) is 6.10. The summed E-state index contributed by atoms with van der Waals surface area (Å²) in [6.45, 7) is 11.9. The predicted octanol–water partition coefficient (Wildman–Crippen LogP) is 3.31. The van der Waals surface area contributed by atoms with Crippen LogP contribution in [0, 0.1) is 6.92 Å². The standard InChI is InChI=1S/C18H30N6S/c1-5-19-18(22-12-17-23-16(13-25-17)14(2)3)21-8-6-7-10-24-11-9-20-15(24)4/h9,11,13-14H,5-8,10,12H2,1-4H3,(H2,19,21,22). The summed E-state index contributed by atoms with van der Waals surface area (Å²) in [6, 6.07) is 0. The summed E-state index contributed by atoms with van der Waals surface area (Å²) in [7, 11) is 0. The van der Waals surface area contributed by atoms with Crippen LogP contribution in [0.2, 0.25) is 0 Å². The predicted molar refractivity (Wildman–Crippen MR) is 105 cm³/mol. The molecule has 0 amide bonds. The first-order valence-corrected chi connectivity index (χ1v) is 9.92. The van der Waals surface area contributed by atoms with Gasteiger partial charge in [0.25, 0.3) is 0 Å². The first-order valence-electron chi connectivity index (χ1n) is 9.04. The molecule has 0 aliphatic carbocycles. The molecule has 0 aliphatic rings. The number of hydrogen-bond acceptors (Lipinski definition) is 4. The van der Waals surface area contributed by atoms with Crippen LogP contribution in [0.25, 0.3) is 0 Å². The molecule has 0 bridgehead atoms. The second-order valence-corrected chi connectivity index (χ2v) is 7.26. The van der Waals surface area contributed by atoms with Crippen molar-refractivity contribution in [2.24, 2.45) is 4.99 Å². The molecule has 0 spiro atoms. The smallest absolute Gasteiger partial charge is 0.191 e. The molecule has 25 heavy (non-hydrogen) atoms. The largest absolute Gasteiger partial charge is 0.357 e. The highest BCUT2D eigenvalue weighted by molar-refractivity contribution is 7.09. The highest BCUT2D eigenvalue weighted by Crippen LogP contribution is 2.18. The van der Waals surface area contributed by atoms with Gasteiger partial charge in [0.15, 0.2) is 5.96 Å². The van der Waals surface area contributed by atoms with E-state index in [-0.39, 0.29) is 0 Å². The minimum absolute atomic E-state index is 0.472. The van der Waals surface area contributed by atoms with E-state index >= 15 is 0 Å². The van der Waals surface area contributed by atoms with Gasteiger partial charge in [0.05, 0.1) is 12.2 Å². The summed E-state index contributed by atoms with van der Waals surface area (Å²) < 4.78 is 2.19. The third-order valence-electron chi connectivity index (χ3n) is 3.92. The van der Waals surface area contributed by atoms with Crippen LogP contribution in [0.5, 0.6) is 0 Å². The molecule has 2 rings (SSSR count). The normalized spacial score (nSPS) is 12.0. The third kappa shape index (κ3) is 6.49. The van der Waals surface area contributed by atoms with Crippen molar-refractivity contribution in [3.8, 4) is 0 Å². The molecule has 7 heteroatoms.